The number of hydrogen-bond donors (Lipinski definition) is 0. The van der Waals surface area contributed by atoms with E-state index < -0.39 is 0 Å². The van der Waals surface area contributed by atoms with E-state index in [9.17, 15) is 4.79 Å². The van der Waals surface area contributed by atoms with Crippen LogP contribution in [0, 0.1) is 5.92 Å². The highest BCUT2D eigenvalue weighted by atomic mass is 79.9. The van der Waals surface area contributed by atoms with E-state index in [-0.39, 0.29) is 9.71 Å². The molecular formula is C6H10Br2O2. The Morgan fingerprint density at radius 1 is 1.60 bits per heavy atom. The SMILES string of the molecule is CC(=O)OCC(C)C(Br)Br. The molecule has 0 aromatic carbocycles. The molecule has 0 radical (unpaired) electrons. The van der Waals surface area contributed by atoms with Gasteiger partial charge in [-0.05, 0) is 0 Å². The first-order chi connectivity index (χ1) is 4.54. The van der Waals surface area contributed by atoms with Crippen LogP contribution in [0.1, 0.15) is 13.8 Å². The highest BCUT2D eigenvalue weighted by molar-refractivity contribution is 9.24. The average molecular weight is 274 g/mol. The molecule has 1 atom stereocenters. The Labute approximate surface area is 77.6 Å². The van der Waals surface area contributed by atoms with Crippen molar-refractivity contribution in [1.29, 1.82) is 0 Å². The standard InChI is InChI=1S/C6H10Br2O2/c1-4(6(7)8)3-10-5(2)9/h4,6H,3H2,1-2H3. The molecule has 0 aliphatic rings. The molecule has 0 N–H and O–H groups in total. The van der Waals surface area contributed by atoms with Gasteiger partial charge in [0.15, 0.2) is 0 Å². The minimum atomic E-state index is -0.229. The zero-order chi connectivity index (χ0) is 8.15. The maximum absolute atomic E-state index is 10.3. The lowest BCUT2D eigenvalue weighted by atomic mass is 10.2. The molecule has 0 saturated heterocycles. The Balaban J connectivity index is 3.39. The highest BCUT2D eigenvalue weighted by Crippen LogP contribution is 2.18. The predicted octanol–water partition coefficient (Wildman–Crippen LogP) is 2.30. The zero-order valence-electron chi connectivity index (χ0n) is 5.93. The van der Waals surface area contributed by atoms with Crippen molar-refractivity contribution in [3.8, 4) is 0 Å². The van der Waals surface area contributed by atoms with Crippen LogP contribution in [0.2, 0.25) is 0 Å². The van der Waals surface area contributed by atoms with Crippen LogP contribution >= 0.6 is 31.9 Å². The Morgan fingerprint density at radius 2 is 2.10 bits per heavy atom. The van der Waals surface area contributed by atoms with E-state index >= 15 is 0 Å². The second-order valence-electron chi connectivity index (χ2n) is 2.11. The number of rotatable bonds is 3. The van der Waals surface area contributed by atoms with Gasteiger partial charge in [0.2, 0.25) is 0 Å². The summed E-state index contributed by atoms with van der Waals surface area (Å²) in [6.07, 6.45) is 0. The van der Waals surface area contributed by atoms with Crippen molar-refractivity contribution in [3.63, 3.8) is 0 Å². The molecule has 0 amide bonds. The molecule has 10 heavy (non-hydrogen) atoms. The first kappa shape index (κ1) is 10.4. The maximum atomic E-state index is 10.3. The Hall–Kier alpha value is 0.430. The zero-order valence-corrected chi connectivity index (χ0v) is 9.11. The lowest BCUT2D eigenvalue weighted by molar-refractivity contribution is -0.141. The number of halogens is 2. The van der Waals surface area contributed by atoms with Crippen molar-refractivity contribution in [2.75, 3.05) is 6.61 Å². The first-order valence-electron chi connectivity index (χ1n) is 2.95. The lowest BCUT2D eigenvalue weighted by Crippen LogP contribution is -2.13. The van der Waals surface area contributed by atoms with Gasteiger partial charge in [0, 0.05) is 12.8 Å². The summed E-state index contributed by atoms with van der Waals surface area (Å²) in [6, 6.07) is 0. The van der Waals surface area contributed by atoms with Crippen molar-refractivity contribution in [2.45, 2.75) is 17.6 Å². The first-order valence-corrected chi connectivity index (χ1v) is 4.78. The molecule has 4 heteroatoms. The van der Waals surface area contributed by atoms with Crippen LogP contribution in [-0.2, 0) is 9.53 Å². The van der Waals surface area contributed by atoms with Gasteiger partial charge in [-0.25, -0.2) is 0 Å². The van der Waals surface area contributed by atoms with Crippen molar-refractivity contribution in [2.24, 2.45) is 5.92 Å². The van der Waals surface area contributed by atoms with Crippen LogP contribution in [0.15, 0.2) is 0 Å². The fraction of sp³-hybridized carbons (Fsp3) is 0.833. The van der Waals surface area contributed by atoms with Crippen LogP contribution in [-0.4, -0.2) is 16.3 Å². The topological polar surface area (TPSA) is 26.3 Å². The van der Waals surface area contributed by atoms with Crippen LogP contribution in [0.5, 0.6) is 0 Å². The van der Waals surface area contributed by atoms with E-state index in [0.717, 1.165) is 0 Å². The molecule has 0 heterocycles. The number of alkyl halides is 2. The number of carbonyl (C=O) groups is 1. The van der Waals surface area contributed by atoms with E-state index in [2.05, 4.69) is 31.9 Å². The van der Waals surface area contributed by atoms with Crippen LogP contribution in [0.3, 0.4) is 0 Å². The quantitative estimate of drug-likeness (QED) is 0.583. The van der Waals surface area contributed by atoms with Crippen molar-refractivity contribution in [1.82, 2.24) is 0 Å². The third-order valence-corrected chi connectivity index (χ3v) is 2.78. The smallest absolute Gasteiger partial charge is 0.302 e. The Kier molecular flexibility index (Phi) is 5.35. The van der Waals surface area contributed by atoms with Gasteiger partial charge in [-0.3, -0.25) is 4.79 Å². The van der Waals surface area contributed by atoms with Gasteiger partial charge in [0.1, 0.15) is 0 Å². The molecule has 0 aromatic rings. The number of ether oxygens (including phenoxy) is 1. The maximum Gasteiger partial charge on any atom is 0.302 e. The normalized spacial score (nSPS) is 13.3. The van der Waals surface area contributed by atoms with Crippen LogP contribution < -0.4 is 0 Å². The molecule has 0 aliphatic heterocycles. The van der Waals surface area contributed by atoms with E-state index in [1.807, 2.05) is 6.92 Å². The van der Waals surface area contributed by atoms with Gasteiger partial charge in [-0.2, -0.15) is 0 Å². The number of esters is 1. The lowest BCUT2D eigenvalue weighted by Gasteiger charge is -2.11. The van der Waals surface area contributed by atoms with Crippen LogP contribution in [0.25, 0.3) is 0 Å². The fourth-order valence-corrected chi connectivity index (χ4v) is 0.627. The summed E-state index contributed by atoms with van der Waals surface area (Å²) in [5, 5.41) is 0. The summed E-state index contributed by atoms with van der Waals surface area (Å²) in [7, 11) is 0. The Morgan fingerprint density at radius 3 is 2.40 bits per heavy atom. The number of hydrogen-bond acceptors (Lipinski definition) is 2. The van der Waals surface area contributed by atoms with Gasteiger partial charge in [0.05, 0.1) is 10.3 Å². The Bertz CT molecular complexity index is 114. The van der Waals surface area contributed by atoms with Crippen molar-refractivity contribution in [3.05, 3.63) is 0 Å². The minimum Gasteiger partial charge on any atom is -0.466 e. The van der Waals surface area contributed by atoms with E-state index in [4.69, 9.17) is 4.74 Å². The fourth-order valence-electron chi connectivity index (χ4n) is 0.322. The van der Waals surface area contributed by atoms with Gasteiger partial charge >= 0.3 is 5.97 Å². The summed E-state index contributed by atoms with van der Waals surface area (Å²) in [5.41, 5.74) is 0. The van der Waals surface area contributed by atoms with Crippen LogP contribution in [0.4, 0.5) is 0 Å². The summed E-state index contributed by atoms with van der Waals surface area (Å²) >= 11 is 6.63. The second-order valence-corrected chi connectivity index (χ2v) is 5.32. The van der Waals surface area contributed by atoms with E-state index in [0.29, 0.717) is 12.5 Å². The third kappa shape index (κ3) is 5.23. The molecule has 0 rings (SSSR count). The summed E-state index contributed by atoms with van der Waals surface area (Å²) in [5.74, 6) is 0.0661. The summed E-state index contributed by atoms with van der Waals surface area (Å²) < 4.78 is 4.97. The van der Waals surface area contributed by atoms with Gasteiger partial charge < -0.3 is 4.74 Å². The molecular weight excluding hydrogens is 264 g/mol. The van der Waals surface area contributed by atoms with Gasteiger partial charge in [0.25, 0.3) is 0 Å². The molecule has 0 bridgehead atoms. The van der Waals surface area contributed by atoms with E-state index in [1.165, 1.54) is 6.92 Å². The van der Waals surface area contributed by atoms with Crippen molar-refractivity contribution < 1.29 is 9.53 Å². The molecule has 0 aliphatic carbocycles. The highest BCUT2D eigenvalue weighted by Gasteiger charge is 2.10. The molecule has 0 spiro atoms. The monoisotopic (exact) mass is 272 g/mol. The van der Waals surface area contributed by atoms with Crippen molar-refractivity contribution >= 4 is 37.8 Å². The molecule has 0 fully saturated rings. The summed E-state index contributed by atoms with van der Waals surface area (Å²) in [6.45, 7) is 3.85. The molecule has 2 nitrogen and oxygen atoms in total. The summed E-state index contributed by atoms with van der Waals surface area (Å²) in [4.78, 5) is 10.3. The number of carbonyl (C=O) groups excluding carboxylic acids is 1. The molecule has 0 aromatic heterocycles. The predicted molar refractivity (Wildman–Crippen MR) is 47.4 cm³/mol. The van der Waals surface area contributed by atoms with Gasteiger partial charge in [-0.15, -0.1) is 0 Å². The minimum absolute atomic E-state index is 0.208. The second kappa shape index (κ2) is 5.13. The van der Waals surface area contributed by atoms with E-state index in [1.54, 1.807) is 0 Å². The van der Waals surface area contributed by atoms with Gasteiger partial charge in [-0.1, -0.05) is 38.8 Å². The molecule has 1 unspecified atom stereocenters. The largest absolute Gasteiger partial charge is 0.466 e. The molecule has 0 saturated carbocycles. The average Bonchev–Trinajstić information content (AvgIpc) is 1.82. The molecule has 60 valence electrons. The third-order valence-electron chi connectivity index (χ3n) is 0.980.